The lowest BCUT2D eigenvalue weighted by Gasteiger charge is -2.24. The van der Waals surface area contributed by atoms with E-state index in [2.05, 4.69) is 0 Å². The molecule has 160 valence electrons. The molecule has 0 spiro atoms. The maximum absolute atomic E-state index is 12.8. The first-order valence-corrected chi connectivity index (χ1v) is 11.5. The largest absolute Gasteiger partial charge is 0.449 e. The van der Waals surface area contributed by atoms with Crippen LogP contribution in [0.3, 0.4) is 0 Å². The van der Waals surface area contributed by atoms with Gasteiger partial charge in [-0.05, 0) is 57.0 Å². The first-order valence-electron chi connectivity index (χ1n) is 10.0. The minimum Gasteiger partial charge on any atom is -0.449 e. The molecule has 1 heterocycles. The third-order valence-corrected chi connectivity index (χ3v) is 6.95. The number of carbonyl (C=O) groups excluding carboxylic acids is 2. The first kappa shape index (κ1) is 22.0. The number of hydrogen-bond acceptors (Lipinski definition) is 5. The Morgan fingerprint density at radius 1 is 1.07 bits per heavy atom. The lowest BCUT2D eigenvalue weighted by atomic mass is 10.2. The zero-order valence-corrected chi connectivity index (χ0v) is 18.0. The van der Waals surface area contributed by atoms with Crippen molar-refractivity contribution in [3.8, 4) is 0 Å². The van der Waals surface area contributed by atoms with Gasteiger partial charge in [-0.15, -0.1) is 0 Å². The molecule has 1 aliphatic heterocycles. The second-order valence-electron chi connectivity index (χ2n) is 7.10. The summed E-state index contributed by atoms with van der Waals surface area (Å²) >= 11 is 0. The molecule has 1 atom stereocenters. The molecule has 1 fully saturated rings. The fraction of sp³-hybridized carbons (Fsp3) is 0.364. The second kappa shape index (κ2) is 9.40. The van der Waals surface area contributed by atoms with E-state index in [1.165, 1.54) is 40.4 Å². The summed E-state index contributed by atoms with van der Waals surface area (Å²) in [7, 11) is -3.64. The van der Waals surface area contributed by atoms with Crippen molar-refractivity contribution in [2.45, 2.75) is 37.7 Å². The summed E-state index contributed by atoms with van der Waals surface area (Å²) in [6.45, 7) is 4.74. The highest BCUT2D eigenvalue weighted by atomic mass is 32.2. The fourth-order valence-corrected chi connectivity index (χ4v) is 5.00. The average molecular weight is 431 g/mol. The van der Waals surface area contributed by atoms with Crippen molar-refractivity contribution in [3.05, 3.63) is 60.2 Å². The number of likely N-dealkylation sites (N-methyl/N-ethyl adjacent to an activating group) is 1. The van der Waals surface area contributed by atoms with Crippen molar-refractivity contribution in [3.63, 3.8) is 0 Å². The van der Waals surface area contributed by atoms with Crippen LogP contribution in [0.1, 0.15) is 37.0 Å². The van der Waals surface area contributed by atoms with E-state index < -0.39 is 22.1 Å². The van der Waals surface area contributed by atoms with Crippen LogP contribution >= 0.6 is 0 Å². The van der Waals surface area contributed by atoms with E-state index in [9.17, 15) is 18.0 Å². The number of anilines is 1. The molecule has 7 nitrogen and oxygen atoms in total. The van der Waals surface area contributed by atoms with E-state index in [1.807, 2.05) is 37.3 Å². The topological polar surface area (TPSA) is 84.0 Å². The number of rotatable bonds is 7. The minimum absolute atomic E-state index is 0.0531. The predicted octanol–water partition coefficient (Wildman–Crippen LogP) is 3.07. The van der Waals surface area contributed by atoms with Crippen LogP contribution in [-0.4, -0.2) is 50.3 Å². The van der Waals surface area contributed by atoms with Gasteiger partial charge < -0.3 is 9.64 Å². The number of carbonyl (C=O) groups is 2. The van der Waals surface area contributed by atoms with Gasteiger partial charge in [0.1, 0.15) is 0 Å². The predicted molar refractivity (Wildman–Crippen MR) is 114 cm³/mol. The molecule has 1 aliphatic rings. The molecule has 0 unspecified atom stereocenters. The highest BCUT2D eigenvalue weighted by molar-refractivity contribution is 7.89. The van der Waals surface area contributed by atoms with Gasteiger partial charge in [-0.25, -0.2) is 13.2 Å². The Morgan fingerprint density at radius 3 is 2.37 bits per heavy atom. The first-order chi connectivity index (χ1) is 14.3. The lowest BCUT2D eigenvalue weighted by Crippen LogP contribution is -2.40. The Bertz CT molecular complexity index is 1000. The summed E-state index contributed by atoms with van der Waals surface area (Å²) in [6, 6.07) is 14.9. The zero-order valence-electron chi connectivity index (χ0n) is 17.2. The Morgan fingerprint density at radius 2 is 1.73 bits per heavy atom. The molecule has 2 aromatic carbocycles. The van der Waals surface area contributed by atoms with Crippen LogP contribution in [0.4, 0.5) is 5.69 Å². The molecule has 0 radical (unpaired) electrons. The highest BCUT2D eigenvalue weighted by Gasteiger charge is 2.29. The zero-order chi connectivity index (χ0) is 21.7. The van der Waals surface area contributed by atoms with Crippen molar-refractivity contribution < 1.29 is 22.7 Å². The molecular weight excluding hydrogens is 404 g/mol. The number of hydrogen-bond donors (Lipinski definition) is 0. The van der Waals surface area contributed by atoms with Gasteiger partial charge >= 0.3 is 5.97 Å². The van der Waals surface area contributed by atoms with Gasteiger partial charge in [0, 0.05) is 25.3 Å². The van der Waals surface area contributed by atoms with Gasteiger partial charge in [0.15, 0.2) is 6.10 Å². The number of benzene rings is 2. The number of para-hydroxylation sites is 1. The van der Waals surface area contributed by atoms with E-state index in [-0.39, 0.29) is 16.4 Å². The van der Waals surface area contributed by atoms with Crippen LogP contribution in [0.5, 0.6) is 0 Å². The number of sulfonamides is 1. The van der Waals surface area contributed by atoms with Crippen LogP contribution < -0.4 is 4.90 Å². The number of esters is 1. The maximum atomic E-state index is 12.8. The summed E-state index contributed by atoms with van der Waals surface area (Å²) < 4.78 is 32.3. The maximum Gasteiger partial charge on any atom is 0.338 e. The van der Waals surface area contributed by atoms with Gasteiger partial charge in [-0.2, -0.15) is 4.31 Å². The SMILES string of the molecule is CCN(C(=O)[C@@H](C)OC(=O)c1cccc(S(=O)(=O)N2CCCC2)c1)c1ccccc1. The molecule has 0 saturated carbocycles. The van der Waals surface area contributed by atoms with Crippen LogP contribution in [0.2, 0.25) is 0 Å². The summed E-state index contributed by atoms with van der Waals surface area (Å²) in [5, 5.41) is 0. The van der Waals surface area contributed by atoms with Crippen molar-refractivity contribution >= 4 is 27.6 Å². The van der Waals surface area contributed by atoms with Crippen LogP contribution in [0, 0.1) is 0 Å². The van der Waals surface area contributed by atoms with Crippen LogP contribution in [0.25, 0.3) is 0 Å². The summed E-state index contributed by atoms with van der Waals surface area (Å²) in [6.07, 6.45) is 0.641. The molecule has 8 heteroatoms. The molecule has 0 bridgehead atoms. The normalized spacial score (nSPS) is 15.5. The second-order valence-corrected chi connectivity index (χ2v) is 9.04. The van der Waals surface area contributed by atoms with Gasteiger partial charge in [-0.3, -0.25) is 4.79 Å². The summed E-state index contributed by atoms with van der Waals surface area (Å²) in [5.74, 6) is -1.09. The van der Waals surface area contributed by atoms with Crippen molar-refractivity contribution in [1.82, 2.24) is 4.31 Å². The smallest absolute Gasteiger partial charge is 0.338 e. The molecular formula is C22H26N2O5S. The van der Waals surface area contributed by atoms with E-state index in [0.717, 1.165) is 12.8 Å². The van der Waals surface area contributed by atoms with E-state index in [1.54, 1.807) is 0 Å². The van der Waals surface area contributed by atoms with Gasteiger partial charge in [0.25, 0.3) is 5.91 Å². The molecule has 1 saturated heterocycles. The number of ether oxygens (including phenoxy) is 1. The monoisotopic (exact) mass is 430 g/mol. The molecule has 3 rings (SSSR count). The minimum atomic E-state index is -3.64. The molecule has 0 N–H and O–H groups in total. The molecule has 2 aromatic rings. The summed E-state index contributed by atoms with van der Waals surface area (Å²) in [4.78, 5) is 27.0. The molecule has 0 aromatic heterocycles. The number of nitrogens with zero attached hydrogens (tertiary/aromatic N) is 2. The van der Waals surface area contributed by atoms with Crippen molar-refractivity contribution in [2.24, 2.45) is 0 Å². The lowest BCUT2D eigenvalue weighted by molar-refractivity contribution is -0.126. The van der Waals surface area contributed by atoms with Crippen molar-refractivity contribution in [1.29, 1.82) is 0 Å². The quantitative estimate of drug-likeness (QED) is 0.631. The summed E-state index contributed by atoms with van der Waals surface area (Å²) in [5.41, 5.74) is 0.810. The highest BCUT2D eigenvalue weighted by Crippen LogP contribution is 2.22. The number of amides is 1. The van der Waals surface area contributed by atoms with E-state index in [0.29, 0.717) is 25.3 Å². The Labute approximate surface area is 177 Å². The standard InChI is InChI=1S/C22H26N2O5S/c1-3-24(19-11-5-4-6-12-19)21(25)17(2)29-22(26)18-10-9-13-20(16-18)30(27,28)23-14-7-8-15-23/h4-6,9-13,16-17H,3,7-8,14-15H2,1-2H3/t17-/m1/s1. The molecule has 0 aliphatic carbocycles. The molecule has 30 heavy (non-hydrogen) atoms. The van der Waals surface area contributed by atoms with Gasteiger partial charge in [0.05, 0.1) is 10.5 Å². The Hall–Kier alpha value is -2.71. The van der Waals surface area contributed by atoms with Crippen LogP contribution in [0.15, 0.2) is 59.5 Å². The Balaban J connectivity index is 1.73. The Kier molecular flexibility index (Phi) is 6.89. The van der Waals surface area contributed by atoms with E-state index in [4.69, 9.17) is 4.74 Å². The van der Waals surface area contributed by atoms with Crippen molar-refractivity contribution in [2.75, 3.05) is 24.5 Å². The third kappa shape index (κ3) is 4.71. The molecule has 1 amide bonds. The van der Waals surface area contributed by atoms with Crippen LogP contribution in [-0.2, 0) is 19.6 Å². The average Bonchev–Trinajstić information content (AvgIpc) is 3.31. The van der Waals surface area contributed by atoms with Gasteiger partial charge in [-0.1, -0.05) is 24.3 Å². The third-order valence-electron chi connectivity index (χ3n) is 5.05. The van der Waals surface area contributed by atoms with Gasteiger partial charge in [0.2, 0.25) is 10.0 Å². The fourth-order valence-electron chi connectivity index (χ4n) is 3.43. The van der Waals surface area contributed by atoms with E-state index >= 15 is 0 Å².